The molecule has 5 nitrogen and oxygen atoms in total. The van der Waals surface area contributed by atoms with Gasteiger partial charge in [0.15, 0.2) is 4.90 Å². The second-order valence-corrected chi connectivity index (χ2v) is 6.47. The molecular weight excluding hydrogens is 300 g/mol. The van der Waals surface area contributed by atoms with Gasteiger partial charge in [0.05, 0.1) is 0 Å². The topological polar surface area (TPSA) is 75.4 Å². The zero-order valence-corrected chi connectivity index (χ0v) is 13.2. The van der Waals surface area contributed by atoms with Crippen molar-refractivity contribution in [3.63, 3.8) is 0 Å². The van der Waals surface area contributed by atoms with E-state index >= 15 is 0 Å². The monoisotopic (exact) mass is 321 g/mol. The van der Waals surface area contributed by atoms with Crippen molar-refractivity contribution in [2.45, 2.75) is 31.7 Å². The summed E-state index contributed by atoms with van der Waals surface area (Å²) in [6.45, 7) is 7.50. The maximum absolute atomic E-state index is 13.7. The lowest BCUT2D eigenvalue weighted by Crippen LogP contribution is -2.42. The Morgan fingerprint density at radius 2 is 1.71 bits per heavy atom. The van der Waals surface area contributed by atoms with E-state index in [1.54, 1.807) is 6.92 Å². The van der Waals surface area contributed by atoms with Crippen LogP contribution < -0.4 is 10.5 Å². The highest BCUT2D eigenvalue weighted by atomic mass is 32.2. The molecule has 0 radical (unpaired) electrons. The standard InChI is InChI=1S/C13H21F2N3O2S/c1-4-18(5-2)8-9(3)17-21(19,20)13-11(14)6-10(16)7-12(13)15/h6-7,9,17H,4-5,8,16H2,1-3H3. The van der Waals surface area contributed by atoms with Crippen LogP contribution in [0.15, 0.2) is 17.0 Å². The van der Waals surface area contributed by atoms with Gasteiger partial charge in [-0.25, -0.2) is 21.9 Å². The number of rotatable bonds is 7. The number of anilines is 1. The quantitative estimate of drug-likeness (QED) is 0.747. The van der Waals surface area contributed by atoms with E-state index in [4.69, 9.17) is 5.73 Å². The molecule has 1 atom stereocenters. The SMILES string of the molecule is CCN(CC)CC(C)NS(=O)(=O)c1c(F)cc(N)cc1F. The number of hydrogen-bond acceptors (Lipinski definition) is 4. The Morgan fingerprint density at radius 3 is 2.14 bits per heavy atom. The molecule has 3 N–H and O–H groups in total. The van der Waals surface area contributed by atoms with Gasteiger partial charge in [-0.3, -0.25) is 0 Å². The zero-order chi connectivity index (χ0) is 16.2. The number of sulfonamides is 1. The smallest absolute Gasteiger partial charge is 0.246 e. The fourth-order valence-electron chi connectivity index (χ4n) is 2.07. The van der Waals surface area contributed by atoms with E-state index in [0.29, 0.717) is 6.54 Å². The first-order valence-corrected chi connectivity index (χ1v) is 8.18. The predicted molar refractivity (Wildman–Crippen MR) is 78.3 cm³/mol. The van der Waals surface area contributed by atoms with Gasteiger partial charge >= 0.3 is 0 Å². The first-order valence-electron chi connectivity index (χ1n) is 6.70. The molecule has 0 saturated heterocycles. The molecule has 1 unspecified atom stereocenters. The van der Waals surface area contributed by atoms with Crippen LogP contribution >= 0.6 is 0 Å². The Morgan fingerprint density at radius 1 is 1.24 bits per heavy atom. The van der Waals surface area contributed by atoms with E-state index in [9.17, 15) is 17.2 Å². The Balaban J connectivity index is 2.97. The predicted octanol–water partition coefficient (Wildman–Crippen LogP) is 1.56. The number of hydrogen-bond donors (Lipinski definition) is 2. The van der Waals surface area contributed by atoms with Crippen molar-refractivity contribution in [3.8, 4) is 0 Å². The fourth-order valence-corrected chi connectivity index (χ4v) is 3.42. The van der Waals surface area contributed by atoms with E-state index in [1.807, 2.05) is 18.7 Å². The van der Waals surface area contributed by atoms with Crippen molar-refractivity contribution in [1.29, 1.82) is 0 Å². The van der Waals surface area contributed by atoms with Crippen LogP contribution in [0.25, 0.3) is 0 Å². The first kappa shape index (κ1) is 17.8. The Labute approximate surface area is 124 Å². The highest BCUT2D eigenvalue weighted by Gasteiger charge is 2.26. The Kier molecular flexibility index (Phi) is 6.06. The van der Waals surface area contributed by atoms with Crippen LogP contribution in [0.2, 0.25) is 0 Å². The molecule has 0 aliphatic rings. The molecule has 0 aromatic heterocycles. The number of halogens is 2. The fraction of sp³-hybridized carbons (Fsp3) is 0.538. The summed E-state index contributed by atoms with van der Waals surface area (Å²) in [7, 11) is -4.28. The van der Waals surface area contributed by atoms with Crippen LogP contribution in [0.3, 0.4) is 0 Å². The maximum Gasteiger partial charge on any atom is 0.246 e. The average Bonchev–Trinajstić information content (AvgIpc) is 2.33. The lowest BCUT2D eigenvalue weighted by atomic mass is 10.3. The molecule has 0 aliphatic carbocycles. The summed E-state index contributed by atoms with van der Waals surface area (Å²) in [4.78, 5) is 1.01. The molecule has 0 fully saturated rings. The molecule has 1 aromatic rings. The molecule has 0 spiro atoms. The second-order valence-electron chi connectivity index (χ2n) is 4.82. The van der Waals surface area contributed by atoms with Crippen LogP contribution in [0.4, 0.5) is 14.5 Å². The molecule has 0 saturated carbocycles. The molecule has 0 aliphatic heterocycles. The van der Waals surface area contributed by atoms with Gasteiger partial charge in [-0.15, -0.1) is 0 Å². The molecular formula is C13H21F2N3O2S. The molecule has 0 heterocycles. The molecule has 21 heavy (non-hydrogen) atoms. The minimum atomic E-state index is -4.28. The van der Waals surface area contributed by atoms with Gasteiger partial charge in [0, 0.05) is 18.3 Å². The van der Waals surface area contributed by atoms with Crippen molar-refractivity contribution in [2.24, 2.45) is 0 Å². The summed E-state index contributed by atoms with van der Waals surface area (Å²) in [5, 5.41) is 0. The van der Waals surface area contributed by atoms with Crippen molar-refractivity contribution in [1.82, 2.24) is 9.62 Å². The number of likely N-dealkylation sites (N-methyl/N-ethyl adjacent to an activating group) is 1. The lowest BCUT2D eigenvalue weighted by Gasteiger charge is -2.23. The van der Waals surface area contributed by atoms with E-state index in [-0.39, 0.29) is 5.69 Å². The van der Waals surface area contributed by atoms with Gasteiger partial charge in [-0.05, 0) is 32.1 Å². The highest BCUT2D eigenvalue weighted by Crippen LogP contribution is 2.21. The van der Waals surface area contributed by atoms with Crippen LogP contribution in [0, 0.1) is 11.6 Å². The number of nitrogens with two attached hydrogens (primary N) is 1. The lowest BCUT2D eigenvalue weighted by molar-refractivity contribution is 0.282. The van der Waals surface area contributed by atoms with Gasteiger partial charge < -0.3 is 10.6 Å². The Hall–Kier alpha value is -1.25. The third-order valence-electron chi connectivity index (χ3n) is 3.07. The van der Waals surface area contributed by atoms with Crippen LogP contribution in [0.1, 0.15) is 20.8 Å². The van der Waals surface area contributed by atoms with Gasteiger partial charge in [0.1, 0.15) is 11.6 Å². The largest absolute Gasteiger partial charge is 0.399 e. The first-order chi connectivity index (χ1) is 9.71. The van der Waals surface area contributed by atoms with Crippen LogP contribution in [-0.2, 0) is 10.0 Å². The van der Waals surface area contributed by atoms with E-state index < -0.39 is 32.6 Å². The van der Waals surface area contributed by atoms with Crippen molar-refractivity contribution in [2.75, 3.05) is 25.4 Å². The van der Waals surface area contributed by atoms with Gasteiger partial charge in [0.25, 0.3) is 0 Å². The molecule has 0 bridgehead atoms. The minimum absolute atomic E-state index is 0.167. The summed E-state index contributed by atoms with van der Waals surface area (Å²) in [5.41, 5.74) is 5.11. The number of nitrogens with one attached hydrogen (secondary N) is 1. The number of nitrogen functional groups attached to an aromatic ring is 1. The summed E-state index contributed by atoms with van der Waals surface area (Å²) in [6.07, 6.45) is 0. The van der Waals surface area contributed by atoms with Crippen molar-refractivity contribution >= 4 is 15.7 Å². The zero-order valence-electron chi connectivity index (χ0n) is 12.4. The van der Waals surface area contributed by atoms with E-state index in [0.717, 1.165) is 25.2 Å². The molecule has 1 rings (SSSR count). The summed E-state index contributed by atoms with van der Waals surface area (Å²) < 4.78 is 53.9. The van der Waals surface area contributed by atoms with Crippen molar-refractivity contribution < 1.29 is 17.2 Å². The number of nitrogens with zero attached hydrogens (tertiary/aromatic N) is 1. The molecule has 1 aromatic carbocycles. The average molecular weight is 321 g/mol. The summed E-state index contributed by atoms with van der Waals surface area (Å²) in [5.74, 6) is -2.40. The van der Waals surface area contributed by atoms with Gasteiger partial charge in [-0.1, -0.05) is 13.8 Å². The second kappa shape index (κ2) is 7.15. The minimum Gasteiger partial charge on any atom is -0.399 e. The maximum atomic E-state index is 13.7. The Bertz CT molecular complexity index is 566. The summed E-state index contributed by atoms with van der Waals surface area (Å²) >= 11 is 0. The van der Waals surface area contributed by atoms with E-state index in [1.165, 1.54) is 0 Å². The third kappa shape index (κ3) is 4.62. The van der Waals surface area contributed by atoms with Gasteiger partial charge in [0.2, 0.25) is 10.0 Å². The third-order valence-corrected chi connectivity index (χ3v) is 4.71. The molecule has 0 amide bonds. The van der Waals surface area contributed by atoms with Crippen molar-refractivity contribution in [3.05, 3.63) is 23.8 Å². The van der Waals surface area contributed by atoms with Crippen LogP contribution in [-0.4, -0.2) is 39.0 Å². The number of benzene rings is 1. The van der Waals surface area contributed by atoms with Crippen LogP contribution in [0.5, 0.6) is 0 Å². The van der Waals surface area contributed by atoms with E-state index in [2.05, 4.69) is 4.72 Å². The summed E-state index contributed by atoms with van der Waals surface area (Å²) in [6, 6.07) is 1.09. The molecule has 8 heteroatoms. The highest BCUT2D eigenvalue weighted by molar-refractivity contribution is 7.89. The van der Waals surface area contributed by atoms with Gasteiger partial charge in [-0.2, -0.15) is 0 Å². The normalized spacial score (nSPS) is 13.6. The molecule has 120 valence electrons.